The van der Waals surface area contributed by atoms with Crippen molar-refractivity contribution < 1.29 is 9.90 Å². The van der Waals surface area contributed by atoms with E-state index < -0.39 is 5.97 Å². The topological polar surface area (TPSA) is 50.2 Å². The maximum Gasteiger partial charge on any atom is 0.307 e. The molecule has 0 bridgehead atoms. The standard InChI is InChI=1S/C12H15NO2/c14-12(15)7-10-8-13-6-5-11(10)9-3-1-2-4-9/h5-6,8-9H,1-4,7H2,(H,14,15). The molecule has 1 N–H and O–H groups in total. The predicted octanol–water partition coefficient (Wildman–Crippen LogP) is 2.37. The second-order valence-corrected chi connectivity index (χ2v) is 4.13. The summed E-state index contributed by atoms with van der Waals surface area (Å²) in [6.45, 7) is 0. The number of pyridine rings is 1. The third-order valence-electron chi connectivity index (χ3n) is 3.08. The molecule has 1 heterocycles. The summed E-state index contributed by atoms with van der Waals surface area (Å²) in [7, 11) is 0. The molecule has 1 aliphatic rings. The van der Waals surface area contributed by atoms with Gasteiger partial charge in [0, 0.05) is 12.4 Å². The van der Waals surface area contributed by atoms with Crippen molar-refractivity contribution in [3.63, 3.8) is 0 Å². The molecule has 3 heteroatoms. The summed E-state index contributed by atoms with van der Waals surface area (Å²) < 4.78 is 0. The Bertz CT molecular complexity index is 356. The highest BCUT2D eigenvalue weighted by molar-refractivity contribution is 5.70. The number of carboxylic acid groups (broad SMARTS) is 1. The normalized spacial score (nSPS) is 16.8. The Morgan fingerprint density at radius 3 is 2.87 bits per heavy atom. The summed E-state index contributed by atoms with van der Waals surface area (Å²) in [6.07, 6.45) is 8.46. The number of aliphatic carboxylic acids is 1. The predicted molar refractivity (Wildman–Crippen MR) is 56.8 cm³/mol. The van der Waals surface area contributed by atoms with Crippen LogP contribution in [-0.2, 0) is 11.2 Å². The van der Waals surface area contributed by atoms with Gasteiger partial charge in [0.1, 0.15) is 0 Å². The molecule has 80 valence electrons. The highest BCUT2D eigenvalue weighted by atomic mass is 16.4. The van der Waals surface area contributed by atoms with Gasteiger partial charge in [-0.25, -0.2) is 0 Å². The van der Waals surface area contributed by atoms with Crippen molar-refractivity contribution in [3.05, 3.63) is 29.6 Å². The zero-order valence-electron chi connectivity index (χ0n) is 8.65. The Labute approximate surface area is 89.2 Å². The van der Waals surface area contributed by atoms with E-state index in [2.05, 4.69) is 4.98 Å². The van der Waals surface area contributed by atoms with E-state index in [-0.39, 0.29) is 6.42 Å². The molecule has 15 heavy (non-hydrogen) atoms. The van der Waals surface area contributed by atoms with Crippen LogP contribution in [0.15, 0.2) is 18.5 Å². The molecule has 2 rings (SSSR count). The van der Waals surface area contributed by atoms with Gasteiger partial charge in [-0.15, -0.1) is 0 Å². The minimum atomic E-state index is -0.776. The van der Waals surface area contributed by atoms with E-state index in [0.717, 1.165) is 5.56 Å². The van der Waals surface area contributed by atoms with E-state index in [4.69, 9.17) is 5.11 Å². The lowest BCUT2D eigenvalue weighted by Gasteiger charge is -2.13. The van der Waals surface area contributed by atoms with E-state index in [0.29, 0.717) is 5.92 Å². The number of hydrogen-bond acceptors (Lipinski definition) is 2. The highest BCUT2D eigenvalue weighted by Gasteiger charge is 2.20. The summed E-state index contributed by atoms with van der Waals surface area (Å²) in [5, 5.41) is 8.81. The molecule has 0 saturated heterocycles. The Morgan fingerprint density at radius 2 is 2.20 bits per heavy atom. The average Bonchev–Trinajstić information content (AvgIpc) is 2.70. The van der Waals surface area contributed by atoms with Crippen LogP contribution in [0.1, 0.15) is 42.7 Å². The fraction of sp³-hybridized carbons (Fsp3) is 0.500. The Hall–Kier alpha value is -1.38. The molecule has 1 aromatic rings. The molecule has 0 atom stereocenters. The molecule has 0 radical (unpaired) electrons. The van der Waals surface area contributed by atoms with Gasteiger partial charge in [0.05, 0.1) is 6.42 Å². The third kappa shape index (κ3) is 2.35. The lowest BCUT2D eigenvalue weighted by Crippen LogP contribution is -2.06. The molecule has 0 aliphatic heterocycles. The second kappa shape index (κ2) is 4.43. The van der Waals surface area contributed by atoms with E-state index >= 15 is 0 Å². The fourth-order valence-electron chi connectivity index (χ4n) is 2.38. The van der Waals surface area contributed by atoms with Crippen LogP contribution in [0.25, 0.3) is 0 Å². The summed E-state index contributed by atoms with van der Waals surface area (Å²) in [5.74, 6) is -0.218. The fourth-order valence-corrected chi connectivity index (χ4v) is 2.38. The molecular weight excluding hydrogens is 190 g/mol. The van der Waals surface area contributed by atoms with Crippen molar-refractivity contribution in [1.82, 2.24) is 4.98 Å². The minimum Gasteiger partial charge on any atom is -0.481 e. The average molecular weight is 205 g/mol. The highest BCUT2D eigenvalue weighted by Crippen LogP contribution is 2.35. The van der Waals surface area contributed by atoms with Crippen molar-refractivity contribution >= 4 is 5.97 Å². The van der Waals surface area contributed by atoms with Gasteiger partial charge < -0.3 is 5.11 Å². The number of hydrogen-bond donors (Lipinski definition) is 1. The molecule has 0 amide bonds. The first-order valence-electron chi connectivity index (χ1n) is 5.42. The molecule has 3 nitrogen and oxygen atoms in total. The van der Waals surface area contributed by atoms with Crippen molar-refractivity contribution in [2.45, 2.75) is 38.0 Å². The van der Waals surface area contributed by atoms with Crippen molar-refractivity contribution in [2.24, 2.45) is 0 Å². The van der Waals surface area contributed by atoms with Crippen LogP contribution >= 0.6 is 0 Å². The quantitative estimate of drug-likeness (QED) is 0.824. The largest absolute Gasteiger partial charge is 0.481 e. The molecule has 0 unspecified atom stereocenters. The minimum absolute atomic E-state index is 0.0969. The summed E-state index contributed by atoms with van der Waals surface area (Å²) in [5.41, 5.74) is 2.09. The Kier molecular flexibility index (Phi) is 2.99. The second-order valence-electron chi connectivity index (χ2n) is 4.13. The van der Waals surface area contributed by atoms with E-state index in [9.17, 15) is 4.79 Å². The first-order valence-corrected chi connectivity index (χ1v) is 5.42. The maximum absolute atomic E-state index is 10.7. The Balaban J connectivity index is 2.24. The summed E-state index contributed by atoms with van der Waals surface area (Å²) >= 11 is 0. The van der Waals surface area contributed by atoms with Gasteiger partial charge in [-0.2, -0.15) is 0 Å². The van der Waals surface area contributed by atoms with Crippen molar-refractivity contribution in [2.75, 3.05) is 0 Å². The number of aromatic nitrogens is 1. The van der Waals surface area contributed by atoms with Crippen molar-refractivity contribution in [3.8, 4) is 0 Å². The molecule has 1 fully saturated rings. The van der Waals surface area contributed by atoms with Crippen LogP contribution in [-0.4, -0.2) is 16.1 Å². The van der Waals surface area contributed by atoms with Crippen LogP contribution in [0, 0.1) is 0 Å². The van der Waals surface area contributed by atoms with E-state index in [1.165, 1.54) is 31.2 Å². The van der Waals surface area contributed by atoms with Gasteiger partial charge in [-0.3, -0.25) is 9.78 Å². The zero-order valence-corrected chi connectivity index (χ0v) is 8.65. The smallest absolute Gasteiger partial charge is 0.307 e. The summed E-state index contributed by atoms with van der Waals surface area (Å²) in [6, 6.07) is 1.98. The van der Waals surface area contributed by atoms with Crippen LogP contribution in [0.2, 0.25) is 0 Å². The maximum atomic E-state index is 10.7. The van der Waals surface area contributed by atoms with Crippen LogP contribution in [0.4, 0.5) is 0 Å². The van der Waals surface area contributed by atoms with Gasteiger partial charge in [-0.05, 0) is 36.0 Å². The monoisotopic (exact) mass is 205 g/mol. The first kappa shape index (κ1) is 10.1. The van der Waals surface area contributed by atoms with E-state index in [1.54, 1.807) is 12.4 Å². The van der Waals surface area contributed by atoms with Gasteiger partial charge in [-0.1, -0.05) is 12.8 Å². The molecule has 1 saturated carbocycles. The lowest BCUT2D eigenvalue weighted by atomic mass is 9.93. The Morgan fingerprint density at radius 1 is 1.47 bits per heavy atom. The lowest BCUT2D eigenvalue weighted by molar-refractivity contribution is -0.136. The summed E-state index contributed by atoms with van der Waals surface area (Å²) in [4.78, 5) is 14.7. The number of nitrogens with zero attached hydrogens (tertiary/aromatic N) is 1. The molecule has 0 spiro atoms. The molecule has 1 aliphatic carbocycles. The number of carbonyl (C=O) groups is 1. The molecular formula is C12H15NO2. The van der Waals surface area contributed by atoms with Crippen LogP contribution < -0.4 is 0 Å². The third-order valence-corrected chi connectivity index (χ3v) is 3.08. The van der Waals surface area contributed by atoms with Crippen LogP contribution in [0.5, 0.6) is 0 Å². The van der Waals surface area contributed by atoms with Gasteiger partial charge in [0.15, 0.2) is 0 Å². The number of carboxylic acids is 1. The van der Waals surface area contributed by atoms with Crippen molar-refractivity contribution in [1.29, 1.82) is 0 Å². The van der Waals surface area contributed by atoms with Gasteiger partial charge >= 0.3 is 5.97 Å². The SMILES string of the molecule is O=C(O)Cc1cnccc1C1CCCC1. The van der Waals surface area contributed by atoms with Crippen LogP contribution in [0.3, 0.4) is 0 Å². The first-order chi connectivity index (χ1) is 7.27. The zero-order chi connectivity index (χ0) is 10.7. The van der Waals surface area contributed by atoms with Gasteiger partial charge in [0.2, 0.25) is 0 Å². The van der Waals surface area contributed by atoms with E-state index in [1.807, 2.05) is 6.07 Å². The molecule has 1 aromatic heterocycles. The van der Waals surface area contributed by atoms with Gasteiger partial charge in [0.25, 0.3) is 0 Å². The number of rotatable bonds is 3. The molecule has 0 aromatic carbocycles.